The molecule has 0 aliphatic rings. The molecule has 3 N–H and O–H groups in total. The smallest absolute Gasteiger partial charge is 0.223 e. The Bertz CT molecular complexity index is 349. The highest BCUT2D eigenvalue weighted by Crippen LogP contribution is 2.08. The van der Waals surface area contributed by atoms with Crippen LogP contribution in [0.4, 0.5) is 0 Å². The molecule has 0 spiro atoms. The van der Waals surface area contributed by atoms with E-state index in [-0.39, 0.29) is 11.9 Å². The van der Waals surface area contributed by atoms with E-state index in [1.807, 2.05) is 19.9 Å². The molecule has 0 saturated carbocycles. The molecule has 5 heteroatoms. The number of carbonyl (C=O) groups is 1. The Hall–Kier alpha value is -1.62. The predicted octanol–water partition coefficient (Wildman–Crippen LogP) is 0.834. The molecule has 0 aromatic carbocycles. The monoisotopic (exact) mass is 237 g/mol. The molecule has 0 unspecified atom stereocenters. The summed E-state index contributed by atoms with van der Waals surface area (Å²) in [4.78, 5) is 15.4. The summed E-state index contributed by atoms with van der Waals surface area (Å²) in [7, 11) is 0. The third kappa shape index (κ3) is 5.31. The largest absolute Gasteiger partial charge is 0.491 e. The Balaban J connectivity index is 2.28. The number of ether oxygens (including phenoxy) is 1. The molecule has 0 atom stereocenters. The van der Waals surface area contributed by atoms with Gasteiger partial charge < -0.3 is 15.8 Å². The van der Waals surface area contributed by atoms with Gasteiger partial charge in [0.25, 0.3) is 0 Å². The molecule has 94 valence electrons. The van der Waals surface area contributed by atoms with Crippen LogP contribution in [0.3, 0.4) is 0 Å². The van der Waals surface area contributed by atoms with Gasteiger partial charge in [0.2, 0.25) is 5.91 Å². The van der Waals surface area contributed by atoms with Gasteiger partial charge in [0, 0.05) is 12.6 Å². The van der Waals surface area contributed by atoms with Crippen molar-refractivity contribution < 1.29 is 9.53 Å². The summed E-state index contributed by atoms with van der Waals surface area (Å²) < 4.78 is 5.39. The lowest BCUT2D eigenvalue weighted by Gasteiger charge is -2.09. The van der Waals surface area contributed by atoms with E-state index < -0.39 is 0 Å². The normalized spacial score (nSPS) is 10.4. The standard InChI is InChI=1S/C12H19N3O2/c1-9(2)15-12(16)5-6-17-11-4-3-10(7-13)14-8-11/h3-4,8-9H,5-7,13H2,1-2H3,(H,15,16). The summed E-state index contributed by atoms with van der Waals surface area (Å²) in [5.41, 5.74) is 6.24. The number of aromatic nitrogens is 1. The Kier molecular flexibility index (Phi) is 5.42. The SMILES string of the molecule is CC(C)NC(=O)CCOc1ccc(CN)nc1. The van der Waals surface area contributed by atoms with Crippen molar-refractivity contribution in [1.82, 2.24) is 10.3 Å². The predicted molar refractivity (Wildman–Crippen MR) is 65.5 cm³/mol. The van der Waals surface area contributed by atoms with E-state index in [1.54, 1.807) is 12.3 Å². The minimum atomic E-state index is -0.00784. The highest BCUT2D eigenvalue weighted by Gasteiger charge is 2.03. The number of hydrogen-bond acceptors (Lipinski definition) is 4. The number of rotatable bonds is 6. The van der Waals surface area contributed by atoms with Gasteiger partial charge in [-0.1, -0.05) is 0 Å². The van der Waals surface area contributed by atoms with Crippen molar-refractivity contribution in [2.75, 3.05) is 6.61 Å². The molecular formula is C12H19N3O2. The molecule has 0 saturated heterocycles. The molecule has 1 aromatic rings. The quantitative estimate of drug-likeness (QED) is 0.768. The summed E-state index contributed by atoms with van der Waals surface area (Å²) >= 11 is 0. The maximum absolute atomic E-state index is 11.3. The molecule has 0 bridgehead atoms. The van der Waals surface area contributed by atoms with Crippen molar-refractivity contribution in [2.24, 2.45) is 5.73 Å². The van der Waals surface area contributed by atoms with Crippen molar-refractivity contribution in [3.63, 3.8) is 0 Å². The zero-order valence-corrected chi connectivity index (χ0v) is 10.3. The highest BCUT2D eigenvalue weighted by atomic mass is 16.5. The average Bonchev–Trinajstić information content (AvgIpc) is 2.29. The Labute approximate surface area is 101 Å². The first kappa shape index (κ1) is 13.4. The van der Waals surface area contributed by atoms with Gasteiger partial charge in [-0.25, -0.2) is 0 Å². The van der Waals surface area contributed by atoms with Crippen LogP contribution < -0.4 is 15.8 Å². The van der Waals surface area contributed by atoms with Gasteiger partial charge in [-0.2, -0.15) is 0 Å². The summed E-state index contributed by atoms with van der Waals surface area (Å²) in [6, 6.07) is 3.77. The first-order valence-corrected chi connectivity index (χ1v) is 5.69. The van der Waals surface area contributed by atoms with Gasteiger partial charge in [0.1, 0.15) is 5.75 Å². The van der Waals surface area contributed by atoms with Crippen LogP contribution in [0.1, 0.15) is 26.0 Å². The third-order valence-electron chi connectivity index (χ3n) is 2.05. The Morgan fingerprint density at radius 1 is 1.53 bits per heavy atom. The van der Waals surface area contributed by atoms with Crippen molar-refractivity contribution in [2.45, 2.75) is 32.9 Å². The zero-order valence-electron chi connectivity index (χ0n) is 10.3. The second-order valence-corrected chi connectivity index (χ2v) is 4.01. The van der Waals surface area contributed by atoms with E-state index >= 15 is 0 Å². The van der Waals surface area contributed by atoms with Gasteiger partial charge in [-0.05, 0) is 26.0 Å². The number of amides is 1. The molecule has 1 rings (SSSR count). The van der Waals surface area contributed by atoms with E-state index in [0.29, 0.717) is 25.3 Å². The lowest BCUT2D eigenvalue weighted by Crippen LogP contribution is -2.31. The molecule has 17 heavy (non-hydrogen) atoms. The molecule has 1 aromatic heterocycles. The number of nitrogens with one attached hydrogen (secondary N) is 1. The first-order valence-electron chi connectivity index (χ1n) is 5.69. The molecular weight excluding hydrogens is 218 g/mol. The van der Waals surface area contributed by atoms with Gasteiger partial charge in [0.05, 0.1) is 24.9 Å². The van der Waals surface area contributed by atoms with E-state index in [2.05, 4.69) is 10.3 Å². The summed E-state index contributed by atoms with van der Waals surface area (Å²) in [6.45, 7) is 4.61. The lowest BCUT2D eigenvalue weighted by atomic mass is 10.3. The van der Waals surface area contributed by atoms with Crippen LogP contribution >= 0.6 is 0 Å². The molecule has 0 fully saturated rings. The van der Waals surface area contributed by atoms with Crippen LogP contribution in [-0.2, 0) is 11.3 Å². The fourth-order valence-electron chi connectivity index (χ4n) is 1.27. The first-order chi connectivity index (χ1) is 8.11. The van der Waals surface area contributed by atoms with Crippen LogP contribution in [0.2, 0.25) is 0 Å². The highest BCUT2D eigenvalue weighted by molar-refractivity contribution is 5.76. The van der Waals surface area contributed by atoms with Crippen LogP contribution in [0.15, 0.2) is 18.3 Å². The topological polar surface area (TPSA) is 77.2 Å². The van der Waals surface area contributed by atoms with Crippen molar-refractivity contribution in [3.8, 4) is 5.75 Å². The lowest BCUT2D eigenvalue weighted by molar-refractivity contribution is -0.122. The second kappa shape index (κ2) is 6.85. The molecule has 1 amide bonds. The van der Waals surface area contributed by atoms with Crippen molar-refractivity contribution >= 4 is 5.91 Å². The minimum Gasteiger partial charge on any atom is -0.491 e. The Morgan fingerprint density at radius 2 is 2.29 bits per heavy atom. The third-order valence-corrected chi connectivity index (χ3v) is 2.05. The molecule has 1 heterocycles. The molecule has 0 radical (unpaired) electrons. The fraction of sp³-hybridized carbons (Fsp3) is 0.500. The molecule has 5 nitrogen and oxygen atoms in total. The van der Waals surface area contributed by atoms with Crippen molar-refractivity contribution in [3.05, 3.63) is 24.0 Å². The maximum Gasteiger partial charge on any atom is 0.223 e. The van der Waals surface area contributed by atoms with Gasteiger partial charge in [-0.3, -0.25) is 9.78 Å². The van der Waals surface area contributed by atoms with Gasteiger partial charge in [0.15, 0.2) is 0 Å². The number of carbonyl (C=O) groups excluding carboxylic acids is 1. The summed E-state index contributed by atoms with van der Waals surface area (Å²) in [5.74, 6) is 0.645. The number of nitrogens with zero attached hydrogens (tertiary/aromatic N) is 1. The Morgan fingerprint density at radius 3 is 2.82 bits per heavy atom. The van der Waals surface area contributed by atoms with E-state index in [4.69, 9.17) is 10.5 Å². The minimum absolute atomic E-state index is 0.00784. The van der Waals surface area contributed by atoms with Crippen LogP contribution in [0, 0.1) is 0 Å². The summed E-state index contributed by atoms with van der Waals surface area (Å²) in [6.07, 6.45) is 1.96. The fourth-order valence-corrected chi connectivity index (χ4v) is 1.27. The van der Waals surface area contributed by atoms with Gasteiger partial charge >= 0.3 is 0 Å². The van der Waals surface area contributed by atoms with E-state index in [9.17, 15) is 4.79 Å². The zero-order chi connectivity index (χ0) is 12.7. The van der Waals surface area contributed by atoms with Gasteiger partial charge in [-0.15, -0.1) is 0 Å². The number of hydrogen-bond donors (Lipinski definition) is 2. The van der Waals surface area contributed by atoms with Crippen molar-refractivity contribution in [1.29, 1.82) is 0 Å². The van der Waals surface area contributed by atoms with Crippen LogP contribution in [-0.4, -0.2) is 23.5 Å². The van der Waals surface area contributed by atoms with Crippen LogP contribution in [0.25, 0.3) is 0 Å². The summed E-state index contributed by atoms with van der Waals surface area (Å²) in [5, 5.41) is 2.80. The van der Waals surface area contributed by atoms with E-state index in [1.165, 1.54) is 0 Å². The average molecular weight is 237 g/mol. The number of nitrogens with two attached hydrogens (primary N) is 1. The molecule has 0 aliphatic heterocycles. The van der Waals surface area contributed by atoms with E-state index in [0.717, 1.165) is 5.69 Å². The maximum atomic E-state index is 11.3. The second-order valence-electron chi connectivity index (χ2n) is 4.01. The molecule has 0 aliphatic carbocycles. The number of pyridine rings is 1. The van der Waals surface area contributed by atoms with Crippen LogP contribution in [0.5, 0.6) is 5.75 Å².